The van der Waals surface area contributed by atoms with E-state index in [4.69, 9.17) is 4.84 Å². The Morgan fingerprint density at radius 3 is 2.67 bits per heavy atom. The Bertz CT molecular complexity index is 144. The third-order valence-corrected chi connectivity index (χ3v) is 2.34. The third kappa shape index (κ3) is 3.24. The first-order valence-electron chi connectivity index (χ1n) is 5.00. The van der Waals surface area contributed by atoms with Crippen LogP contribution in [0.3, 0.4) is 0 Å². The van der Waals surface area contributed by atoms with E-state index in [1.807, 2.05) is 0 Å². The van der Waals surface area contributed by atoms with Gasteiger partial charge in [-0.3, -0.25) is 0 Å². The van der Waals surface area contributed by atoms with Gasteiger partial charge in [-0.15, -0.1) is 0 Å². The number of hydrogen-bond donors (Lipinski definition) is 0. The van der Waals surface area contributed by atoms with Crippen LogP contribution in [-0.4, -0.2) is 12.3 Å². The van der Waals surface area contributed by atoms with Crippen LogP contribution in [0.1, 0.15) is 46.0 Å². The number of rotatable bonds is 3. The maximum Gasteiger partial charge on any atom is 0.116 e. The molecule has 0 amide bonds. The molecule has 0 atom stereocenters. The van der Waals surface area contributed by atoms with Gasteiger partial charge in [0.1, 0.15) is 6.61 Å². The molecular weight excluding hydrogens is 150 g/mol. The molecule has 1 rings (SSSR count). The summed E-state index contributed by atoms with van der Waals surface area (Å²) in [5.74, 6) is 0.884. The maximum absolute atomic E-state index is 5.15. The SMILES string of the molecule is CCCON=C1CCC(C)CC1. The molecule has 2 heteroatoms. The van der Waals surface area contributed by atoms with Crippen LogP contribution in [0.5, 0.6) is 0 Å². The Morgan fingerprint density at radius 2 is 2.08 bits per heavy atom. The summed E-state index contributed by atoms with van der Waals surface area (Å²) in [7, 11) is 0. The van der Waals surface area contributed by atoms with E-state index in [0.29, 0.717) is 0 Å². The molecule has 1 aliphatic carbocycles. The Balaban J connectivity index is 2.19. The van der Waals surface area contributed by atoms with E-state index in [-0.39, 0.29) is 0 Å². The van der Waals surface area contributed by atoms with E-state index in [1.54, 1.807) is 0 Å². The second-order valence-electron chi connectivity index (χ2n) is 3.67. The molecule has 12 heavy (non-hydrogen) atoms. The first kappa shape index (κ1) is 9.56. The van der Waals surface area contributed by atoms with Crippen molar-refractivity contribution < 1.29 is 4.84 Å². The monoisotopic (exact) mass is 169 g/mol. The summed E-state index contributed by atoms with van der Waals surface area (Å²) in [6.45, 7) is 5.17. The molecule has 0 radical (unpaired) electrons. The fourth-order valence-electron chi connectivity index (χ4n) is 1.41. The van der Waals surface area contributed by atoms with Crippen LogP contribution in [0.15, 0.2) is 5.16 Å². The van der Waals surface area contributed by atoms with Crippen LogP contribution >= 0.6 is 0 Å². The predicted molar refractivity (Wildman–Crippen MR) is 51.3 cm³/mol. The fraction of sp³-hybridized carbons (Fsp3) is 0.900. The Hall–Kier alpha value is -0.530. The first-order valence-corrected chi connectivity index (χ1v) is 5.00. The van der Waals surface area contributed by atoms with Crippen LogP contribution in [0.2, 0.25) is 0 Å². The van der Waals surface area contributed by atoms with Gasteiger partial charge in [-0.1, -0.05) is 19.0 Å². The van der Waals surface area contributed by atoms with Gasteiger partial charge in [0, 0.05) is 0 Å². The molecule has 0 unspecified atom stereocenters. The van der Waals surface area contributed by atoms with E-state index in [1.165, 1.54) is 18.6 Å². The zero-order chi connectivity index (χ0) is 8.81. The summed E-state index contributed by atoms with van der Waals surface area (Å²) in [4.78, 5) is 5.15. The van der Waals surface area contributed by atoms with E-state index in [0.717, 1.165) is 31.8 Å². The lowest BCUT2D eigenvalue weighted by Gasteiger charge is -2.18. The largest absolute Gasteiger partial charge is 0.396 e. The van der Waals surface area contributed by atoms with E-state index in [9.17, 15) is 0 Å². The maximum atomic E-state index is 5.15. The first-order chi connectivity index (χ1) is 5.83. The second kappa shape index (κ2) is 5.18. The molecule has 2 nitrogen and oxygen atoms in total. The highest BCUT2D eigenvalue weighted by Crippen LogP contribution is 2.21. The van der Waals surface area contributed by atoms with E-state index in [2.05, 4.69) is 19.0 Å². The summed E-state index contributed by atoms with van der Waals surface area (Å²) < 4.78 is 0. The van der Waals surface area contributed by atoms with Crippen molar-refractivity contribution >= 4 is 5.71 Å². The predicted octanol–water partition coefficient (Wildman–Crippen LogP) is 2.98. The number of hydrogen-bond acceptors (Lipinski definition) is 2. The zero-order valence-corrected chi connectivity index (χ0v) is 8.18. The average Bonchev–Trinajstić information content (AvgIpc) is 2.09. The van der Waals surface area contributed by atoms with Crippen molar-refractivity contribution in [1.29, 1.82) is 0 Å². The molecule has 0 aromatic heterocycles. The van der Waals surface area contributed by atoms with E-state index < -0.39 is 0 Å². The van der Waals surface area contributed by atoms with Crippen LogP contribution in [0.4, 0.5) is 0 Å². The number of oxime groups is 1. The van der Waals surface area contributed by atoms with Crippen LogP contribution < -0.4 is 0 Å². The highest BCUT2D eigenvalue weighted by Gasteiger charge is 2.13. The van der Waals surface area contributed by atoms with Crippen molar-refractivity contribution in [3.05, 3.63) is 0 Å². The van der Waals surface area contributed by atoms with Crippen LogP contribution in [0, 0.1) is 5.92 Å². The molecule has 0 bridgehead atoms. The molecule has 0 aliphatic heterocycles. The van der Waals surface area contributed by atoms with Gasteiger partial charge in [0.15, 0.2) is 0 Å². The van der Waals surface area contributed by atoms with Crippen molar-refractivity contribution in [2.24, 2.45) is 11.1 Å². The summed E-state index contributed by atoms with van der Waals surface area (Å²) in [6, 6.07) is 0. The van der Waals surface area contributed by atoms with Gasteiger partial charge in [0.25, 0.3) is 0 Å². The Labute approximate surface area is 75.0 Å². The molecule has 70 valence electrons. The van der Waals surface area contributed by atoms with Crippen LogP contribution in [-0.2, 0) is 4.84 Å². The lowest BCUT2D eigenvalue weighted by Crippen LogP contribution is -2.12. The van der Waals surface area contributed by atoms with Crippen molar-refractivity contribution in [2.45, 2.75) is 46.0 Å². The molecular formula is C10H19NO. The zero-order valence-electron chi connectivity index (χ0n) is 8.18. The molecule has 0 aromatic rings. The third-order valence-electron chi connectivity index (χ3n) is 2.34. The lowest BCUT2D eigenvalue weighted by molar-refractivity contribution is 0.142. The van der Waals surface area contributed by atoms with Gasteiger partial charge >= 0.3 is 0 Å². The van der Waals surface area contributed by atoms with Gasteiger partial charge in [-0.2, -0.15) is 0 Å². The summed E-state index contributed by atoms with van der Waals surface area (Å²) in [5, 5.41) is 4.12. The van der Waals surface area contributed by atoms with Crippen molar-refractivity contribution in [2.75, 3.05) is 6.61 Å². The topological polar surface area (TPSA) is 21.6 Å². The molecule has 0 saturated heterocycles. The number of nitrogens with zero attached hydrogens (tertiary/aromatic N) is 1. The van der Waals surface area contributed by atoms with Gasteiger partial charge in [-0.25, -0.2) is 0 Å². The summed E-state index contributed by atoms with van der Waals surface area (Å²) >= 11 is 0. The minimum absolute atomic E-state index is 0.763. The Kier molecular flexibility index (Phi) is 4.12. The smallest absolute Gasteiger partial charge is 0.116 e. The van der Waals surface area contributed by atoms with Crippen molar-refractivity contribution in [1.82, 2.24) is 0 Å². The second-order valence-corrected chi connectivity index (χ2v) is 3.67. The highest BCUT2D eigenvalue weighted by molar-refractivity contribution is 5.84. The minimum Gasteiger partial charge on any atom is -0.396 e. The van der Waals surface area contributed by atoms with Crippen molar-refractivity contribution in [3.8, 4) is 0 Å². The van der Waals surface area contributed by atoms with Gasteiger partial charge < -0.3 is 4.84 Å². The summed E-state index contributed by atoms with van der Waals surface area (Å²) in [6.07, 6.45) is 5.91. The lowest BCUT2D eigenvalue weighted by atomic mass is 9.90. The molecule has 0 heterocycles. The van der Waals surface area contributed by atoms with Crippen LogP contribution in [0.25, 0.3) is 0 Å². The minimum atomic E-state index is 0.763. The Morgan fingerprint density at radius 1 is 1.42 bits per heavy atom. The average molecular weight is 169 g/mol. The van der Waals surface area contributed by atoms with Crippen molar-refractivity contribution in [3.63, 3.8) is 0 Å². The highest BCUT2D eigenvalue weighted by atomic mass is 16.6. The van der Waals surface area contributed by atoms with Gasteiger partial charge in [0.2, 0.25) is 0 Å². The molecule has 0 aromatic carbocycles. The molecule has 1 saturated carbocycles. The molecule has 1 aliphatic rings. The fourth-order valence-corrected chi connectivity index (χ4v) is 1.41. The normalized spacial score (nSPS) is 23.8. The summed E-state index contributed by atoms with van der Waals surface area (Å²) in [5.41, 5.74) is 1.27. The van der Waals surface area contributed by atoms with Gasteiger partial charge in [0.05, 0.1) is 5.71 Å². The quantitative estimate of drug-likeness (QED) is 0.470. The molecule has 0 spiro atoms. The standard InChI is InChI=1S/C10H19NO/c1-3-8-12-11-10-6-4-9(2)5-7-10/h9H,3-8H2,1-2H3. The van der Waals surface area contributed by atoms with E-state index >= 15 is 0 Å². The molecule has 0 N–H and O–H groups in total. The molecule has 1 fully saturated rings. The van der Waals surface area contributed by atoms with Gasteiger partial charge in [-0.05, 0) is 38.0 Å².